The number of anilines is 1. The van der Waals surface area contributed by atoms with E-state index in [0.717, 1.165) is 12.3 Å². The minimum atomic E-state index is -3.73. The number of sulfonamides is 1. The predicted octanol–water partition coefficient (Wildman–Crippen LogP) is 3.41. The molecule has 2 aromatic rings. The average Bonchev–Trinajstić information content (AvgIpc) is 3.25. The molecule has 6 heteroatoms. The smallest absolute Gasteiger partial charge is 0.261 e. The molecule has 0 aromatic heterocycles. The Labute approximate surface area is 153 Å². The second kappa shape index (κ2) is 6.76. The van der Waals surface area contributed by atoms with Crippen LogP contribution in [-0.2, 0) is 10.0 Å². The summed E-state index contributed by atoms with van der Waals surface area (Å²) in [6.45, 7) is 0. The molecule has 3 atom stereocenters. The quantitative estimate of drug-likeness (QED) is 0.847. The largest absolute Gasteiger partial charge is 0.349 e. The third-order valence-corrected chi connectivity index (χ3v) is 6.91. The lowest BCUT2D eigenvalue weighted by Crippen LogP contribution is -2.38. The van der Waals surface area contributed by atoms with Gasteiger partial charge in [0.2, 0.25) is 0 Å². The standard InChI is InChI=1S/C20H22N2O3S/c23-20(21-19-13-14-10-11-15(19)12-14)17-8-4-5-9-18(17)22-26(24,25)16-6-2-1-3-7-16/h1-9,14-15,19,22H,10-13H2,(H,21,23)/t14-,15-,19+/m1/s1. The Kier molecular flexibility index (Phi) is 4.44. The summed E-state index contributed by atoms with van der Waals surface area (Å²) in [4.78, 5) is 12.9. The molecule has 0 aliphatic heterocycles. The van der Waals surface area contributed by atoms with Crippen LogP contribution in [0.1, 0.15) is 36.0 Å². The topological polar surface area (TPSA) is 75.3 Å². The number of carbonyl (C=O) groups excluding carboxylic acids is 1. The molecule has 0 saturated heterocycles. The van der Waals surface area contributed by atoms with Gasteiger partial charge in [-0.25, -0.2) is 8.42 Å². The Bertz CT molecular complexity index is 912. The lowest BCUT2D eigenvalue weighted by molar-refractivity contribution is 0.0924. The van der Waals surface area contributed by atoms with Crippen molar-refractivity contribution in [1.82, 2.24) is 5.32 Å². The molecule has 1 amide bonds. The van der Waals surface area contributed by atoms with Gasteiger partial charge in [0.1, 0.15) is 0 Å². The first-order valence-electron chi connectivity index (χ1n) is 9.01. The van der Waals surface area contributed by atoms with Gasteiger partial charge in [-0.05, 0) is 55.4 Å². The number of nitrogens with one attached hydrogen (secondary N) is 2. The van der Waals surface area contributed by atoms with E-state index >= 15 is 0 Å². The number of rotatable bonds is 5. The van der Waals surface area contributed by atoms with Crippen LogP contribution in [-0.4, -0.2) is 20.4 Å². The maximum Gasteiger partial charge on any atom is 0.261 e. The molecule has 4 rings (SSSR count). The predicted molar refractivity (Wildman–Crippen MR) is 100 cm³/mol. The van der Waals surface area contributed by atoms with E-state index < -0.39 is 10.0 Å². The molecule has 2 aliphatic rings. The molecule has 2 bridgehead atoms. The van der Waals surface area contributed by atoms with Crippen LogP contribution >= 0.6 is 0 Å². The van der Waals surface area contributed by atoms with Gasteiger partial charge in [-0.15, -0.1) is 0 Å². The molecule has 26 heavy (non-hydrogen) atoms. The van der Waals surface area contributed by atoms with E-state index in [9.17, 15) is 13.2 Å². The number of carbonyl (C=O) groups is 1. The average molecular weight is 370 g/mol. The highest BCUT2D eigenvalue weighted by molar-refractivity contribution is 7.92. The van der Waals surface area contributed by atoms with Crippen molar-refractivity contribution in [3.8, 4) is 0 Å². The molecule has 0 unspecified atom stereocenters. The summed E-state index contributed by atoms with van der Waals surface area (Å²) in [5.74, 6) is 1.09. The molecule has 0 heterocycles. The normalized spacial score (nSPS) is 24.4. The van der Waals surface area contributed by atoms with Crippen LogP contribution in [0.2, 0.25) is 0 Å². The zero-order valence-corrected chi connectivity index (χ0v) is 15.2. The van der Waals surface area contributed by atoms with Crippen LogP contribution < -0.4 is 10.0 Å². The van der Waals surface area contributed by atoms with Crippen molar-refractivity contribution in [3.05, 3.63) is 60.2 Å². The van der Waals surface area contributed by atoms with Crippen molar-refractivity contribution in [2.24, 2.45) is 11.8 Å². The van der Waals surface area contributed by atoms with Gasteiger partial charge in [0.05, 0.1) is 16.1 Å². The van der Waals surface area contributed by atoms with Crippen LogP contribution in [0.5, 0.6) is 0 Å². The van der Waals surface area contributed by atoms with Gasteiger partial charge >= 0.3 is 0 Å². The number of benzene rings is 2. The molecule has 0 spiro atoms. The van der Waals surface area contributed by atoms with Crippen molar-refractivity contribution < 1.29 is 13.2 Å². The highest BCUT2D eigenvalue weighted by Crippen LogP contribution is 2.44. The summed E-state index contributed by atoms with van der Waals surface area (Å²) in [7, 11) is -3.73. The maximum atomic E-state index is 12.8. The third kappa shape index (κ3) is 3.33. The summed E-state index contributed by atoms with van der Waals surface area (Å²) in [5, 5.41) is 3.12. The van der Waals surface area contributed by atoms with Crippen molar-refractivity contribution in [1.29, 1.82) is 0 Å². The van der Waals surface area contributed by atoms with Crippen molar-refractivity contribution in [3.63, 3.8) is 0 Å². The Hall–Kier alpha value is -2.34. The Morgan fingerprint density at radius 3 is 2.35 bits per heavy atom. The lowest BCUT2D eigenvalue weighted by atomic mass is 9.95. The monoisotopic (exact) mass is 370 g/mol. The number of hydrogen-bond acceptors (Lipinski definition) is 3. The van der Waals surface area contributed by atoms with Gasteiger partial charge in [0.15, 0.2) is 0 Å². The van der Waals surface area contributed by atoms with Crippen LogP contribution in [0.4, 0.5) is 5.69 Å². The fraction of sp³-hybridized carbons (Fsp3) is 0.350. The molecule has 2 N–H and O–H groups in total. The molecule has 2 saturated carbocycles. The van der Waals surface area contributed by atoms with E-state index in [1.165, 1.54) is 31.4 Å². The van der Waals surface area contributed by atoms with Crippen LogP contribution in [0.25, 0.3) is 0 Å². The number of para-hydroxylation sites is 1. The lowest BCUT2D eigenvalue weighted by Gasteiger charge is -2.23. The van der Waals surface area contributed by atoms with Crippen molar-refractivity contribution in [2.75, 3.05) is 4.72 Å². The maximum absolute atomic E-state index is 12.8. The molecular formula is C20H22N2O3S. The van der Waals surface area contributed by atoms with Crippen molar-refractivity contribution in [2.45, 2.75) is 36.6 Å². The summed E-state index contributed by atoms with van der Waals surface area (Å²) >= 11 is 0. The van der Waals surface area contributed by atoms with Crippen molar-refractivity contribution >= 4 is 21.6 Å². The molecule has 2 aliphatic carbocycles. The summed E-state index contributed by atoms with van der Waals surface area (Å²) < 4.78 is 27.7. The highest BCUT2D eigenvalue weighted by atomic mass is 32.2. The molecule has 2 aromatic carbocycles. The van der Waals surface area contributed by atoms with E-state index in [-0.39, 0.29) is 16.8 Å². The van der Waals surface area contributed by atoms with E-state index in [1.54, 1.807) is 42.5 Å². The first-order chi connectivity index (χ1) is 12.5. The number of hydrogen-bond donors (Lipinski definition) is 2. The number of fused-ring (bicyclic) bond motifs is 2. The van der Waals surface area contributed by atoms with Gasteiger partial charge in [-0.2, -0.15) is 0 Å². The molecule has 2 fully saturated rings. The van der Waals surface area contributed by atoms with E-state index in [0.29, 0.717) is 17.2 Å². The summed E-state index contributed by atoms with van der Waals surface area (Å²) in [5.41, 5.74) is 0.659. The zero-order valence-electron chi connectivity index (χ0n) is 14.4. The highest BCUT2D eigenvalue weighted by Gasteiger charge is 2.40. The van der Waals surface area contributed by atoms with Gasteiger partial charge in [-0.1, -0.05) is 36.8 Å². The van der Waals surface area contributed by atoms with Gasteiger partial charge in [0.25, 0.3) is 15.9 Å². The fourth-order valence-corrected chi connectivity index (χ4v) is 5.34. The Morgan fingerprint density at radius 2 is 1.65 bits per heavy atom. The molecular weight excluding hydrogens is 348 g/mol. The zero-order chi connectivity index (χ0) is 18.1. The first-order valence-corrected chi connectivity index (χ1v) is 10.5. The van der Waals surface area contributed by atoms with Gasteiger partial charge in [0, 0.05) is 6.04 Å². The number of amides is 1. The molecule has 5 nitrogen and oxygen atoms in total. The SMILES string of the molecule is O=C(N[C@H]1C[C@@H]2CC[C@@H]1C2)c1ccccc1NS(=O)(=O)c1ccccc1. The first kappa shape index (κ1) is 17.1. The summed E-state index contributed by atoms with van der Waals surface area (Å²) in [6, 6.07) is 15.1. The Morgan fingerprint density at radius 1 is 0.923 bits per heavy atom. The van der Waals surface area contributed by atoms with E-state index in [2.05, 4.69) is 10.0 Å². The minimum absolute atomic E-state index is 0.170. The van der Waals surface area contributed by atoms with Gasteiger partial charge < -0.3 is 5.32 Å². The summed E-state index contributed by atoms with van der Waals surface area (Å²) in [6.07, 6.45) is 4.68. The second-order valence-corrected chi connectivity index (χ2v) is 8.90. The van der Waals surface area contributed by atoms with E-state index in [4.69, 9.17) is 0 Å². The minimum Gasteiger partial charge on any atom is -0.349 e. The third-order valence-electron chi connectivity index (χ3n) is 5.52. The van der Waals surface area contributed by atoms with Crippen LogP contribution in [0.3, 0.4) is 0 Å². The van der Waals surface area contributed by atoms with E-state index in [1.807, 2.05) is 0 Å². The molecule has 0 radical (unpaired) electrons. The fourth-order valence-electron chi connectivity index (χ4n) is 4.24. The van der Waals surface area contributed by atoms with Gasteiger partial charge in [-0.3, -0.25) is 9.52 Å². The van der Waals surface area contributed by atoms with Crippen LogP contribution in [0, 0.1) is 11.8 Å². The molecule has 136 valence electrons. The van der Waals surface area contributed by atoms with Crippen LogP contribution in [0.15, 0.2) is 59.5 Å². The second-order valence-electron chi connectivity index (χ2n) is 7.22. The Balaban J connectivity index is 1.54.